The van der Waals surface area contributed by atoms with Gasteiger partial charge in [-0.1, -0.05) is 12.1 Å². The number of hydrogen-bond acceptors (Lipinski definition) is 7. The number of anilines is 1. The Bertz CT molecular complexity index is 1660. The van der Waals surface area contributed by atoms with E-state index in [1.165, 1.54) is 11.3 Å². The molecule has 2 aromatic heterocycles. The number of likely N-dealkylation sites (N-methyl/N-ethyl adjacent to an activating group) is 1. The van der Waals surface area contributed by atoms with E-state index in [9.17, 15) is 9.59 Å². The van der Waals surface area contributed by atoms with Crippen LogP contribution in [0.5, 0.6) is 17.2 Å². The summed E-state index contributed by atoms with van der Waals surface area (Å²) in [6.45, 7) is 0.620. The molecule has 0 radical (unpaired) electrons. The van der Waals surface area contributed by atoms with Crippen molar-refractivity contribution in [3.8, 4) is 28.6 Å². The number of fused-ring (bicyclic) bond motifs is 1. The maximum Gasteiger partial charge on any atom is 0.263 e. The van der Waals surface area contributed by atoms with E-state index >= 15 is 0 Å². The van der Waals surface area contributed by atoms with E-state index in [0.29, 0.717) is 40.9 Å². The molecule has 1 aliphatic rings. The summed E-state index contributed by atoms with van der Waals surface area (Å²) in [6, 6.07) is 20.5. The maximum atomic E-state index is 13.0. The summed E-state index contributed by atoms with van der Waals surface area (Å²) in [5, 5.41) is 5.05. The first-order valence-electron chi connectivity index (χ1n) is 12.4. The molecule has 1 saturated heterocycles. The number of ether oxygens (including phenoxy) is 2. The van der Waals surface area contributed by atoms with Gasteiger partial charge in [0.15, 0.2) is 11.2 Å². The molecule has 3 heterocycles. The number of para-hydroxylation sites is 2. The summed E-state index contributed by atoms with van der Waals surface area (Å²) in [6.07, 6.45) is 1.59. The van der Waals surface area contributed by atoms with Crippen LogP contribution in [0, 0.1) is 0 Å². The number of rotatable bonds is 7. The number of carbonyl (C=O) groups is 2. The highest BCUT2D eigenvalue weighted by Gasteiger charge is 2.31. The van der Waals surface area contributed by atoms with Crippen molar-refractivity contribution in [2.24, 2.45) is 7.05 Å². The zero-order chi connectivity index (χ0) is 26.9. The molecule has 1 aliphatic heterocycles. The lowest BCUT2D eigenvalue weighted by Gasteiger charge is -2.15. The Morgan fingerprint density at radius 3 is 2.54 bits per heavy atom. The van der Waals surface area contributed by atoms with Gasteiger partial charge in [-0.3, -0.25) is 14.9 Å². The van der Waals surface area contributed by atoms with E-state index < -0.39 is 6.10 Å². The maximum absolute atomic E-state index is 13.0. The Kier molecular flexibility index (Phi) is 6.45. The van der Waals surface area contributed by atoms with Gasteiger partial charge in [0.05, 0.1) is 11.0 Å². The highest BCUT2D eigenvalue weighted by molar-refractivity contribution is 7.13. The number of amides is 2. The number of aryl methyl sites for hydroxylation is 1. The van der Waals surface area contributed by atoms with E-state index in [2.05, 4.69) is 14.9 Å². The van der Waals surface area contributed by atoms with Gasteiger partial charge in [-0.05, 0) is 48.5 Å². The van der Waals surface area contributed by atoms with Crippen molar-refractivity contribution in [2.45, 2.75) is 12.5 Å². The summed E-state index contributed by atoms with van der Waals surface area (Å²) in [7, 11) is 3.74. The first-order valence-corrected chi connectivity index (χ1v) is 13.3. The Morgan fingerprint density at radius 1 is 1.03 bits per heavy atom. The molecule has 1 fully saturated rings. The number of hydrogen-bond donors (Lipinski definition) is 1. The molecule has 1 atom stereocenters. The quantitative estimate of drug-likeness (QED) is 0.299. The Morgan fingerprint density at radius 2 is 1.82 bits per heavy atom. The van der Waals surface area contributed by atoms with E-state index in [0.717, 1.165) is 22.4 Å². The van der Waals surface area contributed by atoms with Crippen LogP contribution in [0.1, 0.15) is 16.8 Å². The van der Waals surface area contributed by atoms with Crippen LogP contribution in [-0.4, -0.2) is 50.9 Å². The van der Waals surface area contributed by atoms with E-state index in [1.807, 2.05) is 55.6 Å². The van der Waals surface area contributed by atoms with Crippen molar-refractivity contribution < 1.29 is 19.1 Å². The number of benzene rings is 3. The molecule has 3 aromatic carbocycles. The largest absolute Gasteiger partial charge is 0.480 e. The van der Waals surface area contributed by atoms with Crippen LogP contribution < -0.4 is 14.8 Å². The summed E-state index contributed by atoms with van der Waals surface area (Å²) in [5.74, 6) is 1.77. The second-order valence-corrected chi connectivity index (χ2v) is 10.1. The van der Waals surface area contributed by atoms with Crippen LogP contribution in [0.3, 0.4) is 0 Å². The van der Waals surface area contributed by atoms with Crippen LogP contribution in [0.2, 0.25) is 0 Å². The van der Waals surface area contributed by atoms with Gasteiger partial charge in [0, 0.05) is 55.8 Å². The van der Waals surface area contributed by atoms with E-state index in [4.69, 9.17) is 14.5 Å². The van der Waals surface area contributed by atoms with Crippen LogP contribution in [0.15, 0.2) is 78.3 Å². The van der Waals surface area contributed by atoms with Crippen molar-refractivity contribution in [1.82, 2.24) is 19.4 Å². The number of nitrogens with one attached hydrogen (secondary N) is 1. The predicted molar refractivity (Wildman–Crippen MR) is 149 cm³/mol. The molecule has 0 bridgehead atoms. The number of carbonyl (C=O) groups excluding carboxylic acids is 2. The molecular formula is C29H25N5O4S. The normalized spacial score (nSPS) is 15.1. The summed E-state index contributed by atoms with van der Waals surface area (Å²) in [5.41, 5.74) is 3.26. The molecule has 1 N–H and O–H groups in total. The monoisotopic (exact) mass is 539 g/mol. The predicted octanol–water partition coefficient (Wildman–Crippen LogP) is 5.35. The molecule has 0 saturated carbocycles. The number of likely N-dealkylation sites (tertiary alicyclic amines) is 1. The second kappa shape index (κ2) is 10.2. The molecule has 5 aromatic rings. The molecule has 39 heavy (non-hydrogen) atoms. The third-order valence-electron chi connectivity index (χ3n) is 6.59. The van der Waals surface area contributed by atoms with Crippen molar-refractivity contribution in [2.75, 3.05) is 18.9 Å². The van der Waals surface area contributed by atoms with Crippen LogP contribution in [-0.2, 0) is 11.8 Å². The zero-order valence-corrected chi connectivity index (χ0v) is 22.1. The van der Waals surface area contributed by atoms with E-state index in [-0.39, 0.29) is 11.8 Å². The number of thiazole rings is 1. The summed E-state index contributed by atoms with van der Waals surface area (Å²) in [4.78, 5) is 35.9. The highest BCUT2D eigenvalue weighted by Crippen LogP contribution is 2.31. The van der Waals surface area contributed by atoms with Crippen LogP contribution in [0.25, 0.3) is 22.4 Å². The standard InChI is InChI=1S/C29H25N5O4S/c1-33-13-11-25(28(33)36)38-22-16-19(27(35)32-29-30-12-14-39-29)15-21(17-22)37-20-9-7-18(8-10-20)26-31-23-5-3-4-6-24(23)34(26)2/h3-10,12,14-17,25H,11,13H2,1-2H3,(H,30,32,35). The minimum absolute atomic E-state index is 0.0901. The second-order valence-electron chi connectivity index (χ2n) is 9.25. The fraction of sp³-hybridized carbons (Fsp3) is 0.172. The number of aromatic nitrogens is 3. The van der Waals surface area contributed by atoms with Gasteiger partial charge in [-0.15, -0.1) is 11.3 Å². The molecule has 0 spiro atoms. The smallest absolute Gasteiger partial charge is 0.263 e. The Balaban J connectivity index is 1.27. The van der Waals surface area contributed by atoms with Gasteiger partial charge in [-0.25, -0.2) is 9.97 Å². The van der Waals surface area contributed by atoms with Crippen molar-refractivity contribution in [3.05, 3.63) is 83.9 Å². The minimum atomic E-state index is -0.604. The fourth-order valence-electron chi connectivity index (χ4n) is 4.56. The molecular weight excluding hydrogens is 514 g/mol. The zero-order valence-electron chi connectivity index (χ0n) is 21.3. The van der Waals surface area contributed by atoms with Gasteiger partial charge in [-0.2, -0.15) is 0 Å². The van der Waals surface area contributed by atoms with Gasteiger partial charge < -0.3 is 18.9 Å². The summed E-state index contributed by atoms with van der Waals surface area (Å²) >= 11 is 1.32. The Labute approximate surface area is 228 Å². The first-order chi connectivity index (χ1) is 18.9. The Hall–Kier alpha value is -4.70. The van der Waals surface area contributed by atoms with Gasteiger partial charge in [0.25, 0.3) is 11.8 Å². The van der Waals surface area contributed by atoms with Crippen molar-refractivity contribution >= 4 is 39.3 Å². The highest BCUT2D eigenvalue weighted by atomic mass is 32.1. The van der Waals surface area contributed by atoms with E-state index in [1.54, 1.807) is 41.7 Å². The van der Waals surface area contributed by atoms with Crippen molar-refractivity contribution in [1.29, 1.82) is 0 Å². The minimum Gasteiger partial charge on any atom is -0.480 e. The third-order valence-corrected chi connectivity index (χ3v) is 7.28. The van der Waals surface area contributed by atoms with Crippen molar-refractivity contribution in [3.63, 3.8) is 0 Å². The number of nitrogens with zero attached hydrogens (tertiary/aromatic N) is 4. The summed E-state index contributed by atoms with van der Waals surface area (Å²) < 4.78 is 14.2. The molecule has 10 heteroatoms. The molecule has 1 unspecified atom stereocenters. The molecule has 196 valence electrons. The lowest BCUT2D eigenvalue weighted by molar-refractivity contribution is -0.132. The van der Waals surface area contributed by atoms with Crippen LogP contribution >= 0.6 is 11.3 Å². The lowest BCUT2D eigenvalue weighted by atomic mass is 10.1. The topological polar surface area (TPSA) is 98.6 Å². The average Bonchev–Trinajstić information content (AvgIpc) is 3.66. The third kappa shape index (κ3) is 5.06. The molecule has 6 rings (SSSR count). The molecule has 2 amide bonds. The van der Waals surface area contributed by atoms with Gasteiger partial charge in [0.2, 0.25) is 0 Å². The van der Waals surface area contributed by atoms with Gasteiger partial charge in [0.1, 0.15) is 23.1 Å². The first kappa shape index (κ1) is 24.6. The van der Waals surface area contributed by atoms with Gasteiger partial charge >= 0.3 is 0 Å². The fourth-order valence-corrected chi connectivity index (χ4v) is 5.08. The molecule has 9 nitrogen and oxygen atoms in total. The number of imidazole rings is 1. The van der Waals surface area contributed by atoms with Crippen LogP contribution in [0.4, 0.5) is 5.13 Å². The lowest BCUT2D eigenvalue weighted by Crippen LogP contribution is -2.29. The molecule has 0 aliphatic carbocycles. The average molecular weight is 540 g/mol. The SMILES string of the molecule is CN1CCC(Oc2cc(Oc3ccc(-c4nc5ccccc5n4C)cc3)cc(C(=O)Nc3nccs3)c2)C1=O.